The van der Waals surface area contributed by atoms with Gasteiger partial charge in [-0.15, -0.1) is 0 Å². The van der Waals surface area contributed by atoms with Gasteiger partial charge in [0.2, 0.25) is 6.71 Å². The first-order valence-electron chi connectivity index (χ1n) is 17.0. The highest BCUT2D eigenvalue weighted by Crippen LogP contribution is 2.40. The molecule has 0 spiro atoms. The molecule has 0 fully saturated rings. The van der Waals surface area contributed by atoms with Crippen molar-refractivity contribution in [2.24, 2.45) is 0 Å². The molecule has 3 heteroatoms. The van der Waals surface area contributed by atoms with Gasteiger partial charge in [0.1, 0.15) is 0 Å². The van der Waals surface area contributed by atoms with Crippen LogP contribution < -0.4 is 42.0 Å². The second kappa shape index (κ2) is 11.1. The molecule has 2 heterocycles. The third-order valence-electron chi connectivity index (χ3n) is 10.7. The number of hydrogen-bond acceptors (Lipinski definition) is 1. The van der Waals surface area contributed by atoms with E-state index in [2.05, 4.69) is 189 Å². The fourth-order valence-electron chi connectivity index (χ4n) is 8.93. The summed E-state index contributed by atoms with van der Waals surface area (Å²) in [4.78, 5) is 2.61. The molecule has 0 aliphatic carbocycles. The molecule has 2 aliphatic heterocycles. The summed E-state index contributed by atoms with van der Waals surface area (Å²) in [6.07, 6.45) is 0. The Morgan fingerprint density at radius 3 is 1.71 bits per heavy atom. The fraction of sp³-hybridized carbons (Fsp3) is 0.0667. The lowest BCUT2D eigenvalue weighted by atomic mass is 9.34. The zero-order valence-corrected chi connectivity index (χ0v) is 28.6. The second-order valence-electron chi connectivity index (χ2n) is 13.5. The maximum atomic E-state index is 2.61. The minimum absolute atomic E-state index is 0.136. The van der Waals surface area contributed by atoms with Crippen LogP contribution in [0.25, 0.3) is 11.1 Å². The molecule has 48 heavy (non-hydrogen) atoms. The molecule has 0 aromatic heterocycles. The van der Waals surface area contributed by atoms with Crippen molar-refractivity contribution >= 4 is 69.0 Å². The average Bonchev–Trinajstić information content (AvgIpc) is 3.13. The lowest BCUT2D eigenvalue weighted by Gasteiger charge is -2.49. The third-order valence-corrected chi connectivity index (χ3v) is 15.5. The van der Waals surface area contributed by atoms with Crippen LogP contribution in [0.2, 0.25) is 0 Å². The molecule has 0 saturated carbocycles. The van der Waals surface area contributed by atoms with Crippen molar-refractivity contribution in [2.75, 3.05) is 4.90 Å². The van der Waals surface area contributed by atoms with Crippen LogP contribution in [0.15, 0.2) is 164 Å². The lowest BCUT2D eigenvalue weighted by molar-refractivity contribution is 1.29. The molecule has 0 radical (unpaired) electrons. The molecule has 0 atom stereocenters. The highest BCUT2D eigenvalue weighted by Gasteiger charge is 2.52. The lowest BCUT2D eigenvalue weighted by Crippen LogP contribution is -2.78. The molecule has 7 aromatic carbocycles. The second-order valence-corrected chi connectivity index (χ2v) is 17.2. The zero-order valence-electron chi connectivity index (χ0n) is 27.6. The summed E-state index contributed by atoms with van der Waals surface area (Å²) in [5.74, 6) is 0. The maximum Gasteiger partial charge on any atom is 0.247 e. The highest BCUT2D eigenvalue weighted by molar-refractivity contribution is 7.22. The van der Waals surface area contributed by atoms with E-state index in [1.807, 2.05) is 0 Å². The van der Waals surface area contributed by atoms with Gasteiger partial charge in [0.15, 0.2) is 8.07 Å². The Balaban J connectivity index is 1.45. The van der Waals surface area contributed by atoms with Crippen molar-refractivity contribution in [1.82, 2.24) is 0 Å². The van der Waals surface area contributed by atoms with Gasteiger partial charge in [0.05, 0.1) is 0 Å². The van der Waals surface area contributed by atoms with Gasteiger partial charge < -0.3 is 4.90 Å². The first kappa shape index (κ1) is 28.8. The van der Waals surface area contributed by atoms with Crippen LogP contribution >= 0.6 is 0 Å². The SMILES string of the molecule is Cc1cc(C)c(B2c3ccccc3N3c4ccc(-c5ccccc5)cc4[Si](c4ccccc4)(c4ccccc4)c4cccc2c43)c(C)c1. The number of para-hydroxylation sites is 2. The minimum atomic E-state index is -2.83. The van der Waals surface area contributed by atoms with Crippen molar-refractivity contribution < 1.29 is 0 Å². The summed E-state index contributed by atoms with van der Waals surface area (Å²) in [6.45, 7) is 6.95. The molecule has 7 aromatic rings. The largest absolute Gasteiger partial charge is 0.312 e. The van der Waals surface area contributed by atoms with Gasteiger partial charge in [-0.3, -0.25) is 0 Å². The van der Waals surface area contributed by atoms with Gasteiger partial charge in [0.25, 0.3) is 0 Å². The monoisotopic (exact) mass is 629 g/mol. The fourth-order valence-corrected chi connectivity index (χ4v) is 14.1. The molecule has 1 nitrogen and oxygen atoms in total. The number of nitrogens with zero attached hydrogens (tertiary/aromatic N) is 1. The van der Waals surface area contributed by atoms with E-state index in [-0.39, 0.29) is 6.71 Å². The van der Waals surface area contributed by atoms with Gasteiger partial charge in [-0.25, -0.2) is 0 Å². The normalized spacial score (nSPS) is 13.8. The Hall–Kier alpha value is -5.38. The summed E-state index contributed by atoms with van der Waals surface area (Å²) in [7, 11) is -2.83. The number of aryl methyl sites for hydroxylation is 3. The van der Waals surface area contributed by atoms with Crippen LogP contribution in [0.3, 0.4) is 0 Å². The predicted octanol–water partition coefficient (Wildman–Crippen LogP) is 6.27. The van der Waals surface area contributed by atoms with E-state index in [0.717, 1.165) is 0 Å². The van der Waals surface area contributed by atoms with E-state index in [4.69, 9.17) is 0 Å². The quantitative estimate of drug-likeness (QED) is 0.208. The van der Waals surface area contributed by atoms with E-state index < -0.39 is 8.07 Å². The molecule has 0 N–H and O–H groups in total. The van der Waals surface area contributed by atoms with Gasteiger partial charge >= 0.3 is 0 Å². The summed E-state index contributed by atoms with van der Waals surface area (Å²) >= 11 is 0. The van der Waals surface area contributed by atoms with Gasteiger partial charge in [-0.1, -0.05) is 174 Å². The Labute approximate surface area is 285 Å². The summed E-state index contributed by atoms with van der Waals surface area (Å²) in [6, 6.07) is 61.9. The van der Waals surface area contributed by atoms with E-state index >= 15 is 0 Å². The van der Waals surface area contributed by atoms with Crippen molar-refractivity contribution in [3.8, 4) is 11.1 Å². The van der Waals surface area contributed by atoms with Crippen molar-refractivity contribution in [1.29, 1.82) is 0 Å². The molecule has 0 amide bonds. The summed E-state index contributed by atoms with van der Waals surface area (Å²) in [5, 5.41) is 5.71. The van der Waals surface area contributed by atoms with Crippen LogP contribution in [-0.4, -0.2) is 14.8 Å². The molecule has 0 saturated heterocycles. The molecule has 9 rings (SSSR count). The van der Waals surface area contributed by atoms with E-state index in [1.165, 1.54) is 82.0 Å². The van der Waals surface area contributed by atoms with Crippen LogP contribution in [0.5, 0.6) is 0 Å². The zero-order chi connectivity index (χ0) is 32.4. The van der Waals surface area contributed by atoms with E-state index in [1.54, 1.807) is 0 Å². The smallest absolute Gasteiger partial charge is 0.247 e. The van der Waals surface area contributed by atoms with Crippen LogP contribution in [0, 0.1) is 20.8 Å². The van der Waals surface area contributed by atoms with Crippen molar-refractivity contribution in [3.05, 3.63) is 180 Å². The minimum Gasteiger partial charge on any atom is -0.312 e. The molecule has 228 valence electrons. The maximum absolute atomic E-state index is 2.83. The number of benzene rings is 7. The highest BCUT2D eigenvalue weighted by atomic mass is 28.3. The first-order chi connectivity index (χ1) is 23.6. The summed E-state index contributed by atoms with van der Waals surface area (Å²) in [5.41, 5.74) is 14.6. The van der Waals surface area contributed by atoms with Crippen molar-refractivity contribution in [3.63, 3.8) is 0 Å². The number of rotatable bonds is 4. The van der Waals surface area contributed by atoms with Gasteiger partial charge in [-0.2, -0.15) is 0 Å². The van der Waals surface area contributed by atoms with Crippen LogP contribution in [0.4, 0.5) is 17.1 Å². The Kier molecular flexibility index (Phi) is 6.67. The molecular formula is C45H36BNSi. The first-order valence-corrected chi connectivity index (χ1v) is 19.0. The molecule has 0 unspecified atom stereocenters. The molecule has 2 aliphatic rings. The predicted molar refractivity (Wildman–Crippen MR) is 209 cm³/mol. The number of fused-ring (bicyclic) bond motifs is 4. The summed E-state index contributed by atoms with van der Waals surface area (Å²) < 4.78 is 0. The topological polar surface area (TPSA) is 3.24 Å². The van der Waals surface area contributed by atoms with E-state index in [0.29, 0.717) is 0 Å². The molecule has 0 bridgehead atoms. The average molecular weight is 630 g/mol. The molecular weight excluding hydrogens is 593 g/mol. The van der Waals surface area contributed by atoms with Crippen LogP contribution in [0.1, 0.15) is 16.7 Å². The number of hydrogen-bond donors (Lipinski definition) is 0. The Morgan fingerprint density at radius 2 is 1.04 bits per heavy atom. The third kappa shape index (κ3) is 4.11. The Bertz CT molecular complexity index is 2270. The number of anilines is 3. The van der Waals surface area contributed by atoms with Crippen molar-refractivity contribution in [2.45, 2.75) is 20.8 Å². The Morgan fingerprint density at radius 1 is 0.458 bits per heavy atom. The van der Waals surface area contributed by atoms with Crippen LogP contribution in [-0.2, 0) is 0 Å². The van der Waals surface area contributed by atoms with E-state index in [9.17, 15) is 0 Å². The standard InChI is InChI=1S/C45H36BNSi/c1-31-28-32(2)44(33(3)29-31)46-38-22-13-14-24-40(38)47-41-27-26-35(34-16-7-4-8-17-34)30-43(41)48(36-18-9-5-10-19-36,37-20-11-6-12-21-37)42-25-15-23-39(46)45(42)47/h4-30H,1-3H3. The van der Waals surface area contributed by atoms with Gasteiger partial charge in [0, 0.05) is 17.1 Å². The van der Waals surface area contributed by atoms with Gasteiger partial charge in [-0.05, 0) is 75.7 Å².